The second kappa shape index (κ2) is 3.76. The molecule has 2 N–H and O–H groups in total. The Labute approximate surface area is 98.5 Å². The molecular weight excluding hydrogens is 216 g/mol. The van der Waals surface area contributed by atoms with Gasteiger partial charge in [-0.2, -0.15) is 0 Å². The van der Waals surface area contributed by atoms with Crippen LogP contribution in [-0.4, -0.2) is 6.21 Å². The molecule has 0 saturated carbocycles. The summed E-state index contributed by atoms with van der Waals surface area (Å²) in [5.41, 5.74) is 8.40. The molecule has 0 radical (unpaired) electrons. The lowest BCUT2D eigenvalue weighted by molar-refractivity contribution is 0.720. The van der Waals surface area contributed by atoms with E-state index in [2.05, 4.69) is 35.3 Å². The van der Waals surface area contributed by atoms with Crippen LogP contribution in [0.25, 0.3) is 0 Å². The molecule has 0 saturated heterocycles. The third-order valence-electron chi connectivity index (χ3n) is 2.83. The number of hydrogen-bond donors (Lipinski definition) is 1. The second-order valence-electron chi connectivity index (χ2n) is 3.95. The van der Waals surface area contributed by atoms with Crippen molar-refractivity contribution in [3.05, 3.63) is 52.4 Å². The van der Waals surface area contributed by atoms with Gasteiger partial charge >= 0.3 is 0 Å². The van der Waals surface area contributed by atoms with Crippen molar-refractivity contribution in [1.29, 1.82) is 0 Å². The van der Waals surface area contributed by atoms with Gasteiger partial charge in [-0.15, -0.1) is 11.3 Å². The normalized spacial score (nSPS) is 18.4. The highest BCUT2D eigenvalue weighted by molar-refractivity contribution is 7.17. The van der Waals surface area contributed by atoms with E-state index in [1.165, 1.54) is 16.0 Å². The van der Waals surface area contributed by atoms with E-state index in [1.54, 1.807) is 11.3 Å². The monoisotopic (exact) mass is 228 g/mol. The van der Waals surface area contributed by atoms with Crippen molar-refractivity contribution >= 4 is 22.6 Å². The summed E-state index contributed by atoms with van der Waals surface area (Å²) >= 11 is 1.62. The fourth-order valence-corrected chi connectivity index (χ4v) is 2.87. The summed E-state index contributed by atoms with van der Waals surface area (Å²) in [6.07, 6.45) is 2.92. The van der Waals surface area contributed by atoms with Crippen molar-refractivity contribution < 1.29 is 0 Å². The summed E-state index contributed by atoms with van der Waals surface area (Å²) in [6.45, 7) is 0. The Morgan fingerprint density at radius 2 is 2.06 bits per heavy atom. The molecule has 0 aliphatic carbocycles. The van der Waals surface area contributed by atoms with Gasteiger partial charge in [0, 0.05) is 12.6 Å². The number of nitrogen functional groups attached to an aromatic ring is 1. The van der Waals surface area contributed by atoms with Crippen LogP contribution in [0, 0.1) is 0 Å². The highest BCUT2D eigenvalue weighted by Crippen LogP contribution is 2.32. The van der Waals surface area contributed by atoms with E-state index < -0.39 is 0 Å². The summed E-state index contributed by atoms with van der Waals surface area (Å²) in [5, 5.41) is 0.880. The molecule has 0 fully saturated rings. The molecule has 1 aromatic carbocycles. The van der Waals surface area contributed by atoms with Gasteiger partial charge in [0.05, 0.1) is 15.9 Å². The number of fused-ring (bicyclic) bond motifs is 1. The molecule has 1 atom stereocenters. The number of anilines is 1. The van der Waals surface area contributed by atoms with Gasteiger partial charge in [0.25, 0.3) is 0 Å². The molecule has 1 unspecified atom stereocenters. The summed E-state index contributed by atoms with van der Waals surface area (Å²) in [5.74, 6) is 0. The number of nitrogens with zero attached hydrogens (tertiary/aromatic N) is 1. The molecule has 80 valence electrons. The SMILES string of the molecule is Nc1cc2c(s1)C=NC(c1ccccc1)C2. The van der Waals surface area contributed by atoms with Crippen molar-refractivity contribution in [1.82, 2.24) is 0 Å². The van der Waals surface area contributed by atoms with E-state index >= 15 is 0 Å². The number of benzene rings is 1. The fraction of sp³-hybridized carbons (Fsp3) is 0.154. The molecule has 1 aliphatic heterocycles. The van der Waals surface area contributed by atoms with Crippen molar-refractivity contribution in [3.8, 4) is 0 Å². The van der Waals surface area contributed by atoms with E-state index in [0.717, 1.165) is 11.4 Å². The highest BCUT2D eigenvalue weighted by Gasteiger charge is 2.18. The molecule has 3 heteroatoms. The second-order valence-corrected chi connectivity index (χ2v) is 5.06. The molecule has 2 heterocycles. The predicted octanol–water partition coefficient (Wildman–Crippen LogP) is 3.05. The van der Waals surface area contributed by atoms with Gasteiger partial charge in [-0.3, -0.25) is 4.99 Å². The van der Waals surface area contributed by atoms with Gasteiger partial charge in [-0.25, -0.2) is 0 Å². The first kappa shape index (κ1) is 9.60. The Morgan fingerprint density at radius 1 is 1.25 bits per heavy atom. The van der Waals surface area contributed by atoms with E-state index in [9.17, 15) is 0 Å². The maximum Gasteiger partial charge on any atom is 0.0866 e. The largest absolute Gasteiger partial charge is 0.391 e. The van der Waals surface area contributed by atoms with E-state index in [4.69, 9.17) is 5.73 Å². The maximum atomic E-state index is 5.80. The summed E-state index contributed by atoms with van der Waals surface area (Å²) in [6, 6.07) is 12.7. The smallest absolute Gasteiger partial charge is 0.0866 e. The molecule has 0 bridgehead atoms. The lowest BCUT2D eigenvalue weighted by Gasteiger charge is -2.16. The number of aliphatic imine (C=N–C) groups is 1. The first-order valence-electron chi connectivity index (χ1n) is 5.29. The summed E-state index contributed by atoms with van der Waals surface area (Å²) < 4.78 is 0. The van der Waals surface area contributed by atoms with E-state index in [0.29, 0.717) is 0 Å². The van der Waals surface area contributed by atoms with Crippen LogP contribution in [0.1, 0.15) is 22.0 Å². The third kappa shape index (κ3) is 1.63. The topological polar surface area (TPSA) is 38.4 Å². The zero-order chi connectivity index (χ0) is 11.0. The van der Waals surface area contributed by atoms with Gasteiger partial charge in [0.2, 0.25) is 0 Å². The van der Waals surface area contributed by atoms with Crippen LogP contribution < -0.4 is 5.73 Å². The van der Waals surface area contributed by atoms with Crippen LogP contribution in [0.15, 0.2) is 41.4 Å². The van der Waals surface area contributed by atoms with Crippen LogP contribution in [0.2, 0.25) is 0 Å². The maximum absolute atomic E-state index is 5.80. The fourth-order valence-electron chi connectivity index (χ4n) is 2.03. The van der Waals surface area contributed by atoms with Gasteiger partial charge in [-0.1, -0.05) is 30.3 Å². The molecule has 0 spiro atoms. The van der Waals surface area contributed by atoms with Crippen LogP contribution in [-0.2, 0) is 6.42 Å². The van der Waals surface area contributed by atoms with Crippen LogP contribution in [0.5, 0.6) is 0 Å². The minimum atomic E-state index is 0.252. The summed E-state index contributed by atoms with van der Waals surface area (Å²) in [7, 11) is 0. The average molecular weight is 228 g/mol. The Hall–Kier alpha value is -1.61. The molecule has 0 amide bonds. The lowest BCUT2D eigenvalue weighted by atomic mass is 9.98. The Kier molecular flexibility index (Phi) is 2.26. The molecule has 3 rings (SSSR count). The van der Waals surface area contributed by atoms with Crippen LogP contribution in [0.3, 0.4) is 0 Å². The summed E-state index contributed by atoms with van der Waals surface area (Å²) in [4.78, 5) is 5.80. The number of hydrogen-bond acceptors (Lipinski definition) is 3. The molecular formula is C13H12N2S. The highest BCUT2D eigenvalue weighted by atomic mass is 32.1. The standard InChI is InChI=1S/C13H12N2S/c14-13-7-10-6-11(15-8-12(10)16-13)9-4-2-1-3-5-9/h1-5,7-8,11H,6,14H2. The quantitative estimate of drug-likeness (QED) is 0.800. The van der Waals surface area contributed by atoms with E-state index in [-0.39, 0.29) is 6.04 Å². The Bertz CT molecular complexity index is 528. The zero-order valence-electron chi connectivity index (χ0n) is 8.76. The first-order chi connectivity index (χ1) is 7.83. The zero-order valence-corrected chi connectivity index (χ0v) is 9.58. The molecule has 1 aliphatic rings. The number of thiophene rings is 1. The van der Waals surface area contributed by atoms with Crippen molar-refractivity contribution in [3.63, 3.8) is 0 Å². The minimum Gasteiger partial charge on any atom is -0.391 e. The van der Waals surface area contributed by atoms with Crippen LogP contribution >= 0.6 is 11.3 Å². The van der Waals surface area contributed by atoms with Crippen molar-refractivity contribution in [2.75, 3.05) is 5.73 Å². The van der Waals surface area contributed by atoms with E-state index in [1.807, 2.05) is 12.3 Å². The minimum absolute atomic E-state index is 0.252. The number of rotatable bonds is 1. The van der Waals surface area contributed by atoms with Gasteiger partial charge in [0.1, 0.15) is 0 Å². The molecule has 16 heavy (non-hydrogen) atoms. The Morgan fingerprint density at radius 3 is 2.88 bits per heavy atom. The van der Waals surface area contributed by atoms with Gasteiger partial charge in [-0.05, 0) is 17.2 Å². The molecule has 1 aromatic heterocycles. The van der Waals surface area contributed by atoms with Crippen molar-refractivity contribution in [2.24, 2.45) is 4.99 Å². The molecule has 2 aromatic rings. The van der Waals surface area contributed by atoms with Crippen LogP contribution in [0.4, 0.5) is 5.00 Å². The Balaban J connectivity index is 1.93. The van der Waals surface area contributed by atoms with Gasteiger partial charge in [0.15, 0.2) is 0 Å². The lowest BCUT2D eigenvalue weighted by Crippen LogP contribution is -2.06. The van der Waals surface area contributed by atoms with Crippen molar-refractivity contribution in [2.45, 2.75) is 12.5 Å². The number of nitrogens with two attached hydrogens (primary N) is 1. The van der Waals surface area contributed by atoms with Gasteiger partial charge < -0.3 is 5.73 Å². The third-order valence-corrected chi connectivity index (χ3v) is 3.77. The molecule has 2 nitrogen and oxygen atoms in total. The first-order valence-corrected chi connectivity index (χ1v) is 6.11. The average Bonchev–Trinajstić information content (AvgIpc) is 2.69. The predicted molar refractivity (Wildman–Crippen MR) is 69.2 cm³/mol.